The van der Waals surface area contributed by atoms with Crippen molar-refractivity contribution in [2.24, 2.45) is 0 Å². The second-order valence-corrected chi connectivity index (χ2v) is 5.76. The fourth-order valence-electron chi connectivity index (χ4n) is 2.32. The summed E-state index contributed by atoms with van der Waals surface area (Å²) in [6, 6.07) is 10.2. The summed E-state index contributed by atoms with van der Waals surface area (Å²) in [6.07, 6.45) is 0. The minimum absolute atomic E-state index is 0.00850. The molecule has 0 aliphatic rings. The summed E-state index contributed by atoms with van der Waals surface area (Å²) >= 11 is 0. The number of ketones is 1. The van der Waals surface area contributed by atoms with Gasteiger partial charge in [0.15, 0.2) is 12.6 Å². The van der Waals surface area contributed by atoms with Gasteiger partial charge in [0.05, 0.1) is 5.56 Å². The van der Waals surface area contributed by atoms with E-state index in [2.05, 4.69) is 0 Å². The molecule has 0 amide bonds. The quantitative estimate of drug-likeness (QED) is 0.407. The monoisotopic (exact) mass is 358 g/mol. The van der Waals surface area contributed by atoms with Crippen molar-refractivity contribution in [3.63, 3.8) is 0 Å². The summed E-state index contributed by atoms with van der Waals surface area (Å²) in [5.41, 5.74) is 2.70. The fourth-order valence-corrected chi connectivity index (χ4v) is 2.32. The molecule has 2 aromatic rings. The van der Waals surface area contributed by atoms with Gasteiger partial charge in [0.2, 0.25) is 6.79 Å². The molecule has 0 atom stereocenters. The molecule has 26 heavy (non-hydrogen) atoms. The van der Waals surface area contributed by atoms with Crippen LogP contribution in [0.15, 0.2) is 36.4 Å². The van der Waals surface area contributed by atoms with Crippen LogP contribution in [-0.4, -0.2) is 32.4 Å². The van der Waals surface area contributed by atoms with E-state index in [0.717, 1.165) is 11.1 Å². The first kappa shape index (κ1) is 19.5. The van der Waals surface area contributed by atoms with Crippen LogP contribution in [0.4, 0.5) is 0 Å². The largest absolute Gasteiger partial charge is 0.457 e. The number of ether oxygens (including phenoxy) is 4. The molecule has 138 valence electrons. The van der Waals surface area contributed by atoms with Gasteiger partial charge in [-0.25, -0.2) is 4.79 Å². The number of carbonyl (C=O) groups is 2. The summed E-state index contributed by atoms with van der Waals surface area (Å²) in [7, 11) is 1.45. The SMILES string of the molecule is COCOC(=O)c1ccc(OCOc2ccc(C(C)=O)cc2C)c(C)c1. The van der Waals surface area contributed by atoms with Crippen LogP contribution in [-0.2, 0) is 9.47 Å². The molecule has 0 aliphatic carbocycles. The van der Waals surface area contributed by atoms with E-state index in [1.807, 2.05) is 13.8 Å². The van der Waals surface area contributed by atoms with Crippen LogP contribution >= 0.6 is 0 Å². The van der Waals surface area contributed by atoms with Gasteiger partial charge in [0, 0.05) is 12.7 Å². The number of carbonyl (C=O) groups excluding carboxylic acids is 2. The zero-order chi connectivity index (χ0) is 19.1. The molecule has 0 fully saturated rings. The highest BCUT2D eigenvalue weighted by Crippen LogP contribution is 2.22. The van der Waals surface area contributed by atoms with Crippen molar-refractivity contribution < 1.29 is 28.5 Å². The van der Waals surface area contributed by atoms with Crippen molar-refractivity contribution in [3.8, 4) is 11.5 Å². The molecule has 0 saturated heterocycles. The first-order valence-electron chi connectivity index (χ1n) is 8.06. The topological polar surface area (TPSA) is 71.1 Å². The lowest BCUT2D eigenvalue weighted by atomic mass is 10.1. The lowest BCUT2D eigenvalue weighted by molar-refractivity contribution is -0.0125. The third-order valence-corrected chi connectivity index (χ3v) is 3.73. The molecular weight excluding hydrogens is 336 g/mol. The number of aryl methyl sites for hydroxylation is 2. The first-order valence-corrected chi connectivity index (χ1v) is 8.06. The summed E-state index contributed by atoms with van der Waals surface area (Å²) < 4.78 is 20.9. The van der Waals surface area contributed by atoms with E-state index in [4.69, 9.17) is 18.9 Å². The Morgan fingerprint density at radius 2 is 1.38 bits per heavy atom. The Labute approximate surface area is 152 Å². The molecule has 0 aromatic heterocycles. The van der Waals surface area contributed by atoms with Crippen LogP contribution in [0.2, 0.25) is 0 Å². The minimum Gasteiger partial charge on any atom is -0.457 e. The zero-order valence-corrected chi connectivity index (χ0v) is 15.3. The zero-order valence-electron chi connectivity index (χ0n) is 15.3. The van der Waals surface area contributed by atoms with Crippen molar-refractivity contribution in [1.29, 1.82) is 0 Å². The van der Waals surface area contributed by atoms with E-state index in [9.17, 15) is 9.59 Å². The molecule has 0 spiro atoms. The van der Waals surface area contributed by atoms with Gasteiger partial charge in [-0.15, -0.1) is 0 Å². The predicted molar refractivity (Wildman–Crippen MR) is 95.8 cm³/mol. The van der Waals surface area contributed by atoms with Gasteiger partial charge in [0.1, 0.15) is 11.5 Å². The van der Waals surface area contributed by atoms with E-state index in [-0.39, 0.29) is 19.4 Å². The number of rotatable bonds is 8. The van der Waals surface area contributed by atoms with Crippen LogP contribution in [0.5, 0.6) is 11.5 Å². The van der Waals surface area contributed by atoms with Crippen LogP contribution in [0.3, 0.4) is 0 Å². The lowest BCUT2D eigenvalue weighted by Crippen LogP contribution is -2.10. The summed E-state index contributed by atoms with van der Waals surface area (Å²) in [5.74, 6) is 0.799. The van der Waals surface area contributed by atoms with Gasteiger partial charge in [0.25, 0.3) is 0 Å². The maximum Gasteiger partial charge on any atom is 0.340 e. The molecule has 0 radical (unpaired) electrons. The molecule has 0 aliphatic heterocycles. The van der Waals surface area contributed by atoms with E-state index in [1.54, 1.807) is 36.4 Å². The van der Waals surface area contributed by atoms with Crippen molar-refractivity contribution in [2.75, 3.05) is 20.7 Å². The second-order valence-electron chi connectivity index (χ2n) is 5.76. The van der Waals surface area contributed by atoms with E-state index >= 15 is 0 Å². The minimum atomic E-state index is -0.459. The molecule has 0 unspecified atom stereocenters. The van der Waals surface area contributed by atoms with Crippen molar-refractivity contribution in [1.82, 2.24) is 0 Å². The number of methoxy groups -OCH3 is 1. The Balaban J connectivity index is 1.95. The van der Waals surface area contributed by atoms with E-state index in [0.29, 0.717) is 22.6 Å². The highest BCUT2D eigenvalue weighted by Gasteiger charge is 2.10. The third kappa shape index (κ3) is 5.07. The molecular formula is C20H22O6. The van der Waals surface area contributed by atoms with Crippen LogP contribution in [0, 0.1) is 13.8 Å². The maximum absolute atomic E-state index is 11.8. The van der Waals surface area contributed by atoms with E-state index < -0.39 is 5.97 Å². The van der Waals surface area contributed by atoms with Gasteiger partial charge in [-0.1, -0.05) is 0 Å². The van der Waals surface area contributed by atoms with Crippen LogP contribution < -0.4 is 9.47 Å². The number of benzene rings is 2. The van der Waals surface area contributed by atoms with Crippen LogP contribution in [0.25, 0.3) is 0 Å². The second kappa shape index (κ2) is 9.01. The highest BCUT2D eigenvalue weighted by atomic mass is 16.7. The molecule has 6 heteroatoms. The summed E-state index contributed by atoms with van der Waals surface area (Å²) in [4.78, 5) is 23.2. The Hall–Kier alpha value is -2.86. The molecule has 0 bridgehead atoms. The average Bonchev–Trinajstić information content (AvgIpc) is 2.62. The van der Waals surface area contributed by atoms with Gasteiger partial charge < -0.3 is 18.9 Å². The van der Waals surface area contributed by atoms with E-state index in [1.165, 1.54) is 14.0 Å². The molecule has 0 N–H and O–H groups in total. The molecule has 0 saturated carbocycles. The van der Waals surface area contributed by atoms with Crippen molar-refractivity contribution in [2.45, 2.75) is 20.8 Å². The standard InChI is InChI=1S/C20H22O6/c1-13-9-16(15(3)21)5-7-18(13)24-12-25-19-8-6-17(10-14(19)2)20(22)26-11-23-4/h5-10H,11-12H2,1-4H3. The first-order chi connectivity index (χ1) is 12.4. The Morgan fingerprint density at radius 1 is 0.846 bits per heavy atom. The maximum atomic E-state index is 11.8. The molecule has 2 rings (SSSR count). The van der Waals surface area contributed by atoms with Gasteiger partial charge in [-0.3, -0.25) is 4.79 Å². The molecule has 0 heterocycles. The average molecular weight is 358 g/mol. The highest BCUT2D eigenvalue weighted by molar-refractivity contribution is 5.94. The van der Waals surface area contributed by atoms with Crippen molar-refractivity contribution >= 4 is 11.8 Å². The summed E-state index contributed by atoms with van der Waals surface area (Å²) in [6.45, 7) is 5.14. The summed E-state index contributed by atoms with van der Waals surface area (Å²) in [5, 5.41) is 0. The number of Topliss-reactive ketones (excluding diaryl/α,β-unsaturated/α-hetero) is 1. The fraction of sp³-hybridized carbons (Fsp3) is 0.300. The Kier molecular flexibility index (Phi) is 6.74. The van der Waals surface area contributed by atoms with Crippen LogP contribution in [0.1, 0.15) is 38.8 Å². The predicted octanol–water partition coefficient (Wildman–Crippen LogP) is 3.68. The molecule has 6 nitrogen and oxygen atoms in total. The van der Waals surface area contributed by atoms with Gasteiger partial charge in [-0.05, 0) is 68.3 Å². The molecule has 2 aromatic carbocycles. The van der Waals surface area contributed by atoms with Gasteiger partial charge in [-0.2, -0.15) is 0 Å². The lowest BCUT2D eigenvalue weighted by Gasteiger charge is -2.13. The third-order valence-electron chi connectivity index (χ3n) is 3.73. The smallest absolute Gasteiger partial charge is 0.340 e. The van der Waals surface area contributed by atoms with Gasteiger partial charge >= 0.3 is 5.97 Å². The Bertz CT molecular complexity index is 797. The number of hydrogen-bond acceptors (Lipinski definition) is 6. The number of hydrogen-bond donors (Lipinski definition) is 0. The van der Waals surface area contributed by atoms with Crippen molar-refractivity contribution in [3.05, 3.63) is 58.7 Å². The Morgan fingerprint density at radius 3 is 1.88 bits per heavy atom. The number of esters is 1. The normalized spacial score (nSPS) is 10.3.